The van der Waals surface area contributed by atoms with Gasteiger partial charge in [0.05, 0.1) is 6.10 Å². The SMILES string of the molecule is CCC(=O)O[C@@H]1[C@H](OC(=O)CC)[C@H](C)O[C@@H](F)[C@H]1OC(=O)CC. The van der Waals surface area contributed by atoms with Crippen molar-refractivity contribution in [1.29, 1.82) is 0 Å². The lowest BCUT2D eigenvalue weighted by molar-refractivity contribution is -0.269. The molecule has 1 rings (SSSR count). The second-order valence-electron chi connectivity index (χ2n) is 5.12. The number of halogens is 1. The molecule has 23 heavy (non-hydrogen) atoms. The number of hydrogen-bond acceptors (Lipinski definition) is 7. The van der Waals surface area contributed by atoms with Crippen molar-refractivity contribution in [3.63, 3.8) is 0 Å². The van der Waals surface area contributed by atoms with Gasteiger partial charge < -0.3 is 18.9 Å². The smallest absolute Gasteiger partial charge is 0.306 e. The second kappa shape index (κ2) is 8.81. The monoisotopic (exact) mass is 334 g/mol. The molecule has 8 heteroatoms. The quantitative estimate of drug-likeness (QED) is 0.539. The van der Waals surface area contributed by atoms with Gasteiger partial charge in [0.2, 0.25) is 6.36 Å². The number of carbonyl (C=O) groups excluding carboxylic acids is 3. The average Bonchev–Trinajstić information content (AvgIpc) is 2.53. The van der Waals surface area contributed by atoms with Gasteiger partial charge >= 0.3 is 17.9 Å². The van der Waals surface area contributed by atoms with Gasteiger partial charge in [0.1, 0.15) is 0 Å². The first-order valence-corrected chi connectivity index (χ1v) is 7.71. The van der Waals surface area contributed by atoms with Gasteiger partial charge in [-0.25, -0.2) is 4.39 Å². The summed E-state index contributed by atoms with van der Waals surface area (Å²) in [5, 5.41) is 0. The van der Waals surface area contributed by atoms with Crippen LogP contribution in [0.1, 0.15) is 47.0 Å². The molecule has 1 fully saturated rings. The molecule has 0 amide bonds. The Bertz CT molecular complexity index is 410. The molecule has 1 saturated heterocycles. The molecule has 0 aliphatic carbocycles. The maximum Gasteiger partial charge on any atom is 0.306 e. The van der Waals surface area contributed by atoms with E-state index in [1.54, 1.807) is 20.8 Å². The second-order valence-corrected chi connectivity index (χ2v) is 5.12. The van der Waals surface area contributed by atoms with Crippen molar-refractivity contribution >= 4 is 17.9 Å². The molecule has 132 valence electrons. The summed E-state index contributed by atoms with van der Waals surface area (Å²) in [5.74, 6) is -1.85. The fourth-order valence-corrected chi connectivity index (χ4v) is 2.09. The lowest BCUT2D eigenvalue weighted by Crippen LogP contribution is -2.59. The van der Waals surface area contributed by atoms with Gasteiger partial charge in [0.25, 0.3) is 0 Å². The zero-order chi connectivity index (χ0) is 17.6. The molecule has 7 nitrogen and oxygen atoms in total. The van der Waals surface area contributed by atoms with Crippen LogP contribution >= 0.6 is 0 Å². The number of ether oxygens (including phenoxy) is 4. The molecule has 0 spiro atoms. The lowest BCUT2D eigenvalue weighted by atomic mass is 9.99. The van der Waals surface area contributed by atoms with Crippen LogP contribution in [0.5, 0.6) is 0 Å². The van der Waals surface area contributed by atoms with Crippen LogP contribution in [0.2, 0.25) is 0 Å². The van der Waals surface area contributed by atoms with Gasteiger partial charge in [-0.1, -0.05) is 20.8 Å². The zero-order valence-electron chi connectivity index (χ0n) is 13.7. The van der Waals surface area contributed by atoms with Crippen LogP contribution in [0, 0.1) is 0 Å². The minimum Gasteiger partial charge on any atom is -0.455 e. The van der Waals surface area contributed by atoms with Crippen LogP contribution in [0.25, 0.3) is 0 Å². The fraction of sp³-hybridized carbons (Fsp3) is 0.800. The van der Waals surface area contributed by atoms with E-state index in [9.17, 15) is 18.8 Å². The number of hydrogen-bond donors (Lipinski definition) is 0. The van der Waals surface area contributed by atoms with E-state index in [1.165, 1.54) is 6.92 Å². The highest BCUT2D eigenvalue weighted by atomic mass is 19.1. The summed E-state index contributed by atoms with van der Waals surface area (Å²) >= 11 is 0. The summed E-state index contributed by atoms with van der Waals surface area (Å²) in [5.41, 5.74) is 0. The predicted octanol–water partition coefficient (Wildman–Crippen LogP) is 1.67. The minimum absolute atomic E-state index is 0.0205. The number of alkyl halides is 1. The van der Waals surface area contributed by atoms with Gasteiger partial charge in [-0.3, -0.25) is 14.4 Å². The molecular formula is C15H23FO7. The molecule has 0 saturated carbocycles. The van der Waals surface area contributed by atoms with Crippen LogP contribution in [-0.2, 0) is 33.3 Å². The Morgan fingerprint density at radius 3 is 1.65 bits per heavy atom. The summed E-state index contributed by atoms with van der Waals surface area (Å²) in [4.78, 5) is 34.7. The third-order valence-electron chi connectivity index (χ3n) is 3.38. The van der Waals surface area contributed by atoms with E-state index in [2.05, 4.69) is 0 Å². The van der Waals surface area contributed by atoms with E-state index in [0.717, 1.165) is 0 Å². The highest BCUT2D eigenvalue weighted by Gasteiger charge is 2.51. The first-order valence-electron chi connectivity index (χ1n) is 7.71. The molecule has 0 aromatic carbocycles. The van der Waals surface area contributed by atoms with Crippen molar-refractivity contribution in [2.75, 3.05) is 0 Å². The van der Waals surface area contributed by atoms with E-state index >= 15 is 0 Å². The van der Waals surface area contributed by atoms with E-state index < -0.39 is 48.7 Å². The van der Waals surface area contributed by atoms with Gasteiger partial charge in [-0.2, -0.15) is 0 Å². The Kier molecular flexibility index (Phi) is 7.41. The van der Waals surface area contributed by atoms with Crippen molar-refractivity contribution in [1.82, 2.24) is 0 Å². The largest absolute Gasteiger partial charge is 0.455 e. The fourth-order valence-electron chi connectivity index (χ4n) is 2.09. The number of rotatable bonds is 6. The third kappa shape index (κ3) is 5.16. The maximum atomic E-state index is 14.2. The molecule has 0 aromatic heterocycles. The van der Waals surface area contributed by atoms with Gasteiger partial charge in [0.15, 0.2) is 18.3 Å². The van der Waals surface area contributed by atoms with E-state index in [0.29, 0.717) is 0 Å². The predicted molar refractivity (Wildman–Crippen MR) is 76.0 cm³/mol. The van der Waals surface area contributed by atoms with E-state index in [-0.39, 0.29) is 19.3 Å². The van der Waals surface area contributed by atoms with Crippen molar-refractivity contribution < 1.29 is 37.7 Å². The Balaban J connectivity index is 3.04. The first-order chi connectivity index (χ1) is 10.8. The number of esters is 3. The molecule has 0 aromatic rings. The van der Waals surface area contributed by atoms with Crippen LogP contribution in [0.4, 0.5) is 4.39 Å². The van der Waals surface area contributed by atoms with Crippen molar-refractivity contribution in [2.24, 2.45) is 0 Å². The summed E-state index contributed by atoms with van der Waals surface area (Å²) in [6, 6.07) is 0. The summed E-state index contributed by atoms with van der Waals surface area (Å²) in [6.07, 6.45) is -6.47. The van der Waals surface area contributed by atoms with Crippen LogP contribution < -0.4 is 0 Å². The Labute approximate surface area is 134 Å². The topological polar surface area (TPSA) is 88.1 Å². The molecule has 5 atom stereocenters. The van der Waals surface area contributed by atoms with Crippen LogP contribution in [0.3, 0.4) is 0 Å². The highest BCUT2D eigenvalue weighted by Crippen LogP contribution is 2.29. The van der Waals surface area contributed by atoms with Gasteiger partial charge in [0, 0.05) is 19.3 Å². The Morgan fingerprint density at radius 1 is 0.826 bits per heavy atom. The van der Waals surface area contributed by atoms with Crippen LogP contribution in [-0.4, -0.2) is 48.7 Å². The Hall–Kier alpha value is -1.70. The van der Waals surface area contributed by atoms with Crippen molar-refractivity contribution in [2.45, 2.75) is 77.7 Å². The van der Waals surface area contributed by atoms with Gasteiger partial charge in [-0.05, 0) is 6.92 Å². The Morgan fingerprint density at radius 2 is 1.22 bits per heavy atom. The maximum absolute atomic E-state index is 14.2. The van der Waals surface area contributed by atoms with Crippen LogP contribution in [0.15, 0.2) is 0 Å². The molecule has 1 aliphatic rings. The summed E-state index contributed by atoms with van der Waals surface area (Å²) in [6.45, 7) is 6.20. The van der Waals surface area contributed by atoms with Crippen molar-refractivity contribution in [3.05, 3.63) is 0 Å². The van der Waals surface area contributed by atoms with Gasteiger partial charge in [-0.15, -0.1) is 0 Å². The lowest BCUT2D eigenvalue weighted by Gasteiger charge is -2.41. The molecule has 0 N–H and O–H groups in total. The summed E-state index contributed by atoms with van der Waals surface area (Å²) in [7, 11) is 0. The summed E-state index contributed by atoms with van der Waals surface area (Å²) < 4.78 is 34.6. The molecular weight excluding hydrogens is 311 g/mol. The standard InChI is InChI=1S/C15H23FO7/c1-5-9(17)21-12-8(4)20-15(16)14(23-11(19)7-3)13(12)22-10(18)6-2/h8,12-15H,5-7H2,1-4H3/t8-,12+,13+,14-,15+/m0/s1. The number of carbonyl (C=O) groups is 3. The first kappa shape index (κ1) is 19.3. The molecule has 1 aliphatic heterocycles. The molecule has 1 heterocycles. The molecule has 0 bridgehead atoms. The minimum atomic E-state index is -1.98. The molecule has 0 unspecified atom stereocenters. The highest BCUT2D eigenvalue weighted by molar-refractivity contribution is 5.71. The third-order valence-corrected chi connectivity index (χ3v) is 3.38. The zero-order valence-corrected chi connectivity index (χ0v) is 13.7. The van der Waals surface area contributed by atoms with E-state index in [1.807, 2.05) is 0 Å². The normalized spacial score (nSPS) is 30.4. The molecule has 0 radical (unpaired) electrons. The van der Waals surface area contributed by atoms with E-state index in [4.69, 9.17) is 18.9 Å². The van der Waals surface area contributed by atoms with Crippen molar-refractivity contribution in [3.8, 4) is 0 Å². The average molecular weight is 334 g/mol.